The van der Waals surface area contributed by atoms with E-state index in [2.05, 4.69) is 42.7 Å². The molecule has 2 aliphatic rings. The van der Waals surface area contributed by atoms with Gasteiger partial charge < -0.3 is 14.8 Å². The minimum absolute atomic E-state index is 0.0149. The highest BCUT2D eigenvalue weighted by Crippen LogP contribution is 2.34. The summed E-state index contributed by atoms with van der Waals surface area (Å²) < 4.78 is 11.7. The molecule has 0 radical (unpaired) electrons. The van der Waals surface area contributed by atoms with Crippen LogP contribution < -0.4 is 20.1 Å². The number of esters is 1. The van der Waals surface area contributed by atoms with Gasteiger partial charge in [0, 0.05) is 12.2 Å². The fourth-order valence-corrected chi connectivity index (χ4v) is 5.58. The molecular formula is C32H46N2O3. The Hall–Kier alpha value is -2.53. The van der Waals surface area contributed by atoms with Crippen molar-refractivity contribution in [2.45, 2.75) is 104 Å². The summed E-state index contributed by atoms with van der Waals surface area (Å²) in [4.78, 5) is 12.7. The number of anilines is 1. The Kier molecular flexibility index (Phi) is 10.7. The van der Waals surface area contributed by atoms with E-state index in [-0.39, 0.29) is 18.1 Å². The summed E-state index contributed by atoms with van der Waals surface area (Å²) >= 11 is 0. The average Bonchev–Trinajstić information content (AvgIpc) is 2.93. The molecule has 1 aliphatic heterocycles. The lowest BCUT2D eigenvalue weighted by Crippen LogP contribution is -2.32. The van der Waals surface area contributed by atoms with Gasteiger partial charge >= 0.3 is 5.97 Å². The van der Waals surface area contributed by atoms with E-state index in [1.807, 2.05) is 24.3 Å². The second-order valence-corrected chi connectivity index (χ2v) is 10.9. The first-order chi connectivity index (χ1) is 18.2. The molecule has 202 valence electrons. The lowest BCUT2D eigenvalue weighted by atomic mass is 9.80. The largest absolute Gasteiger partial charge is 0.494 e. The Labute approximate surface area is 223 Å². The van der Waals surface area contributed by atoms with Gasteiger partial charge in [-0.05, 0) is 79.5 Å². The van der Waals surface area contributed by atoms with E-state index in [1.165, 1.54) is 50.5 Å². The predicted molar refractivity (Wildman–Crippen MR) is 151 cm³/mol. The highest BCUT2D eigenvalue weighted by molar-refractivity contribution is 5.75. The van der Waals surface area contributed by atoms with Crippen molar-refractivity contribution in [3.8, 4) is 11.5 Å². The number of ether oxygens (including phenoxy) is 2. The summed E-state index contributed by atoms with van der Waals surface area (Å²) in [6.45, 7) is 6.03. The van der Waals surface area contributed by atoms with E-state index >= 15 is 0 Å². The van der Waals surface area contributed by atoms with Gasteiger partial charge in [0.25, 0.3) is 0 Å². The van der Waals surface area contributed by atoms with Crippen molar-refractivity contribution in [1.82, 2.24) is 5.32 Å². The number of rotatable bonds is 13. The van der Waals surface area contributed by atoms with Gasteiger partial charge in [-0.1, -0.05) is 70.9 Å². The topological polar surface area (TPSA) is 59.6 Å². The maximum absolute atomic E-state index is 12.7. The molecule has 1 heterocycles. The Morgan fingerprint density at radius 1 is 0.865 bits per heavy atom. The molecule has 0 aromatic heterocycles. The third-order valence-electron chi connectivity index (χ3n) is 7.97. The summed E-state index contributed by atoms with van der Waals surface area (Å²) in [5.41, 5.74) is 3.46. The van der Waals surface area contributed by atoms with Crippen molar-refractivity contribution in [2.24, 2.45) is 11.8 Å². The Balaban J connectivity index is 1.23. The number of benzene rings is 2. The molecule has 0 bridgehead atoms. The number of carbonyl (C=O) groups is 1. The fourth-order valence-electron chi connectivity index (χ4n) is 5.58. The molecule has 1 atom stereocenters. The zero-order chi connectivity index (χ0) is 25.9. The monoisotopic (exact) mass is 506 g/mol. The molecule has 5 heteroatoms. The molecule has 1 aliphatic carbocycles. The van der Waals surface area contributed by atoms with E-state index in [4.69, 9.17) is 9.47 Å². The van der Waals surface area contributed by atoms with Crippen LogP contribution in [0, 0.1) is 11.8 Å². The molecule has 0 spiro atoms. The van der Waals surface area contributed by atoms with Crippen molar-refractivity contribution in [3.05, 3.63) is 53.6 Å². The van der Waals surface area contributed by atoms with Gasteiger partial charge in [0.05, 0.1) is 12.5 Å². The van der Waals surface area contributed by atoms with Gasteiger partial charge in [-0.3, -0.25) is 10.1 Å². The van der Waals surface area contributed by atoms with Crippen LogP contribution >= 0.6 is 0 Å². The molecule has 1 saturated carbocycles. The van der Waals surface area contributed by atoms with E-state index < -0.39 is 0 Å². The quantitative estimate of drug-likeness (QED) is 0.163. The summed E-state index contributed by atoms with van der Waals surface area (Å²) in [5.74, 6) is 2.35. The Morgan fingerprint density at radius 3 is 2.35 bits per heavy atom. The van der Waals surface area contributed by atoms with E-state index in [0.717, 1.165) is 68.2 Å². The number of hydrogen-bond acceptors (Lipinski definition) is 5. The molecule has 1 unspecified atom stereocenters. The molecule has 5 nitrogen and oxygen atoms in total. The first kappa shape index (κ1) is 27.5. The zero-order valence-electron chi connectivity index (χ0n) is 22.9. The molecule has 1 fully saturated rings. The highest BCUT2D eigenvalue weighted by Gasteiger charge is 2.27. The molecule has 0 amide bonds. The minimum atomic E-state index is -0.0639. The van der Waals surface area contributed by atoms with Crippen LogP contribution in [0.15, 0.2) is 42.5 Å². The molecule has 0 saturated heterocycles. The summed E-state index contributed by atoms with van der Waals surface area (Å²) in [6, 6.07) is 14.2. The number of unbranched alkanes of at least 4 members (excludes halogenated alkanes) is 5. The summed E-state index contributed by atoms with van der Waals surface area (Å²) in [7, 11) is 0. The maximum Gasteiger partial charge on any atom is 0.314 e. The second kappa shape index (κ2) is 14.4. The van der Waals surface area contributed by atoms with E-state index in [0.29, 0.717) is 5.75 Å². The molecule has 2 aromatic rings. The number of nitrogens with one attached hydrogen (secondary N) is 2. The van der Waals surface area contributed by atoms with Crippen molar-refractivity contribution in [2.75, 3.05) is 11.9 Å². The Morgan fingerprint density at radius 2 is 1.59 bits per heavy atom. The number of hydrogen-bond donors (Lipinski definition) is 2. The van der Waals surface area contributed by atoms with Crippen LogP contribution in [0.3, 0.4) is 0 Å². The summed E-state index contributed by atoms with van der Waals surface area (Å²) in [5, 5.41) is 7.15. The van der Waals surface area contributed by atoms with Crippen LogP contribution in [0.2, 0.25) is 0 Å². The molecule has 2 N–H and O–H groups in total. The van der Waals surface area contributed by atoms with Gasteiger partial charge in [-0.2, -0.15) is 0 Å². The number of fused-ring (bicyclic) bond motifs is 1. The molecule has 37 heavy (non-hydrogen) atoms. The van der Waals surface area contributed by atoms with Crippen molar-refractivity contribution in [1.29, 1.82) is 0 Å². The van der Waals surface area contributed by atoms with E-state index in [1.54, 1.807) is 0 Å². The SMILES string of the molecule is CCCCCCOc1ccc2c(c1)CNC(c1ccc(OC(=O)[C@H]3CC[C@H](CCCCC)CC3)cc1)N2. The standard InChI is InChI=1S/C32H46N2O3/c1-3-5-7-9-21-36-29-19-20-30-27(22-29)23-33-31(34-30)25-15-17-28(18-16-25)37-32(35)26-13-11-24(12-14-26)10-8-6-4-2/h15-20,22,24,26,31,33-34H,3-14,21,23H2,1-2H3/t24-,26-,31?. The zero-order valence-corrected chi connectivity index (χ0v) is 22.9. The maximum atomic E-state index is 12.7. The smallest absolute Gasteiger partial charge is 0.314 e. The van der Waals surface area contributed by atoms with Gasteiger partial charge in [0.15, 0.2) is 0 Å². The Bertz CT molecular complexity index is 966. The third kappa shape index (κ3) is 8.23. The average molecular weight is 507 g/mol. The normalized spacial score (nSPS) is 21.1. The van der Waals surface area contributed by atoms with Gasteiger partial charge in [-0.15, -0.1) is 0 Å². The lowest BCUT2D eigenvalue weighted by Gasteiger charge is -2.29. The fraction of sp³-hybridized carbons (Fsp3) is 0.594. The van der Waals surface area contributed by atoms with E-state index in [9.17, 15) is 4.79 Å². The van der Waals surface area contributed by atoms with Gasteiger partial charge in [0.2, 0.25) is 0 Å². The van der Waals surface area contributed by atoms with Crippen LogP contribution in [0.4, 0.5) is 5.69 Å². The van der Waals surface area contributed by atoms with Crippen LogP contribution in [0.5, 0.6) is 11.5 Å². The van der Waals surface area contributed by atoms with Crippen LogP contribution in [0.25, 0.3) is 0 Å². The molecule has 4 rings (SSSR count). The highest BCUT2D eigenvalue weighted by atomic mass is 16.5. The second-order valence-electron chi connectivity index (χ2n) is 10.9. The van der Waals surface area contributed by atoms with Crippen molar-refractivity contribution in [3.63, 3.8) is 0 Å². The van der Waals surface area contributed by atoms with Crippen LogP contribution in [-0.4, -0.2) is 12.6 Å². The van der Waals surface area contributed by atoms with Gasteiger partial charge in [-0.25, -0.2) is 0 Å². The molecular weight excluding hydrogens is 460 g/mol. The number of carbonyl (C=O) groups excluding carboxylic acids is 1. The first-order valence-electron chi connectivity index (χ1n) is 14.7. The van der Waals surface area contributed by atoms with Crippen LogP contribution in [-0.2, 0) is 11.3 Å². The van der Waals surface area contributed by atoms with Crippen molar-refractivity contribution < 1.29 is 14.3 Å². The van der Waals surface area contributed by atoms with Crippen LogP contribution in [0.1, 0.15) is 108 Å². The molecule has 2 aromatic carbocycles. The summed E-state index contributed by atoms with van der Waals surface area (Å²) in [6.07, 6.45) is 14.4. The van der Waals surface area contributed by atoms with Gasteiger partial charge in [0.1, 0.15) is 17.7 Å². The third-order valence-corrected chi connectivity index (χ3v) is 7.97. The lowest BCUT2D eigenvalue weighted by molar-refractivity contribution is -0.140. The predicted octanol–water partition coefficient (Wildman–Crippen LogP) is 8.15. The van der Waals surface area contributed by atoms with Crippen molar-refractivity contribution >= 4 is 11.7 Å². The first-order valence-corrected chi connectivity index (χ1v) is 14.7. The minimum Gasteiger partial charge on any atom is -0.494 e.